The van der Waals surface area contributed by atoms with Crippen molar-refractivity contribution in [2.75, 3.05) is 10.6 Å². The predicted molar refractivity (Wildman–Crippen MR) is 131 cm³/mol. The molecule has 0 radical (unpaired) electrons. The van der Waals surface area contributed by atoms with E-state index in [9.17, 15) is 9.59 Å². The Kier molecular flexibility index (Phi) is 6.31. The minimum atomic E-state index is -0.344. The number of nitrogens with one attached hydrogen (secondary N) is 2. The lowest BCUT2D eigenvalue weighted by atomic mass is 10.1. The number of rotatable bonds is 6. The number of hydrogen-bond donors (Lipinski definition) is 2. The molecular formula is C26H24N4O3. The Balaban J connectivity index is 1.54. The molecule has 7 nitrogen and oxygen atoms in total. The summed E-state index contributed by atoms with van der Waals surface area (Å²) in [6, 6.07) is 13.0. The van der Waals surface area contributed by atoms with Crippen molar-refractivity contribution in [3.05, 3.63) is 93.7 Å². The van der Waals surface area contributed by atoms with E-state index in [0.717, 1.165) is 28.9 Å². The zero-order valence-electron chi connectivity index (χ0n) is 18.7. The van der Waals surface area contributed by atoms with Crippen LogP contribution < -0.4 is 16.1 Å². The number of anilines is 3. The van der Waals surface area contributed by atoms with Crippen molar-refractivity contribution >= 4 is 40.1 Å². The molecule has 2 N–H and O–H groups in total. The summed E-state index contributed by atoms with van der Waals surface area (Å²) in [6.07, 6.45) is 6.42. The van der Waals surface area contributed by atoms with Crippen LogP contribution in [0.4, 0.5) is 17.2 Å². The lowest BCUT2D eigenvalue weighted by molar-refractivity contribution is -0.111. The Labute approximate surface area is 191 Å². The van der Waals surface area contributed by atoms with Crippen LogP contribution in [0.1, 0.15) is 29.3 Å². The predicted octanol–water partition coefficient (Wildman–Crippen LogP) is 5.16. The highest BCUT2D eigenvalue weighted by molar-refractivity contribution is 6.02. The average molecular weight is 441 g/mol. The highest BCUT2D eigenvalue weighted by atomic mass is 16.3. The van der Waals surface area contributed by atoms with Crippen molar-refractivity contribution in [1.82, 2.24) is 9.97 Å². The summed E-state index contributed by atoms with van der Waals surface area (Å²) in [4.78, 5) is 33.7. The molecule has 33 heavy (non-hydrogen) atoms. The number of nitrogens with zero attached hydrogens (tertiary/aromatic N) is 2. The lowest BCUT2D eigenvalue weighted by Crippen LogP contribution is -2.11. The van der Waals surface area contributed by atoms with Gasteiger partial charge in [0, 0.05) is 29.2 Å². The molecule has 0 bridgehead atoms. The maximum absolute atomic E-state index is 12.7. The van der Waals surface area contributed by atoms with Gasteiger partial charge in [-0.25, -0.2) is 9.97 Å². The first kappa shape index (κ1) is 22.0. The first-order chi connectivity index (χ1) is 15.9. The molecule has 2 aromatic heterocycles. The van der Waals surface area contributed by atoms with Crippen molar-refractivity contribution in [3.8, 4) is 0 Å². The molecule has 0 aliphatic heterocycles. The van der Waals surface area contributed by atoms with Crippen LogP contribution >= 0.6 is 0 Å². The van der Waals surface area contributed by atoms with Crippen molar-refractivity contribution < 1.29 is 9.21 Å². The molecule has 1 amide bonds. The maximum Gasteiger partial charge on any atom is 0.248 e. The molecule has 2 aromatic carbocycles. The van der Waals surface area contributed by atoms with Gasteiger partial charge in [0.15, 0.2) is 5.43 Å². The van der Waals surface area contributed by atoms with Gasteiger partial charge < -0.3 is 15.1 Å². The molecule has 2 heterocycles. The van der Waals surface area contributed by atoms with E-state index in [-0.39, 0.29) is 11.3 Å². The second-order valence-corrected chi connectivity index (χ2v) is 7.74. The molecule has 4 aromatic rings. The van der Waals surface area contributed by atoms with Gasteiger partial charge in [-0.05, 0) is 56.2 Å². The first-order valence-corrected chi connectivity index (χ1v) is 10.6. The van der Waals surface area contributed by atoms with Crippen molar-refractivity contribution in [1.29, 1.82) is 0 Å². The van der Waals surface area contributed by atoms with Crippen molar-refractivity contribution in [2.24, 2.45) is 0 Å². The SMILES string of the molecule is CCc1ccc(Nc2cc(C)ncn2)cc1NC(=O)/C=C/c1coc2ccc(C)cc2c1=O. The lowest BCUT2D eigenvalue weighted by Gasteiger charge is -2.12. The summed E-state index contributed by atoms with van der Waals surface area (Å²) >= 11 is 0. The highest BCUT2D eigenvalue weighted by Crippen LogP contribution is 2.24. The fraction of sp³-hybridized carbons (Fsp3) is 0.154. The number of hydrogen-bond acceptors (Lipinski definition) is 6. The Morgan fingerprint density at radius 2 is 1.94 bits per heavy atom. The van der Waals surface area contributed by atoms with Gasteiger partial charge in [-0.3, -0.25) is 9.59 Å². The normalized spacial score (nSPS) is 11.1. The van der Waals surface area contributed by atoms with E-state index in [4.69, 9.17) is 4.42 Å². The fourth-order valence-electron chi connectivity index (χ4n) is 3.46. The van der Waals surface area contributed by atoms with Crippen LogP contribution in [-0.4, -0.2) is 15.9 Å². The van der Waals surface area contributed by atoms with Gasteiger partial charge in [-0.2, -0.15) is 0 Å². The molecule has 0 fully saturated rings. The largest absolute Gasteiger partial charge is 0.463 e. The Bertz CT molecular complexity index is 1420. The van der Waals surface area contributed by atoms with Gasteiger partial charge in [0.05, 0.1) is 10.9 Å². The molecule has 0 atom stereocenters. The fourth-order valence-corrected chi connectivity index (χ4v) is 3.46. The van der Waals surface area contributed by atoms with E-state index in [1.807, 2.05) is 51.1 Å². The van der Waals surface area contributed by atoms with Crippen LogP contribution in [0.5, 0.6) is 0 Å². The van der Waals surface area contributed by atoms with Gasteiger partial charge in [-0.15, -0.1) is 0 Å². The third kappa shape index (κ3) is 5.15. The van der Waals surface area contributed by atoms with E-state index in [1.165, 1.54) is 24.7 Å². The second-order valence-electron chi connectivity index (χ2n) is 7.74. The standard InChI is InChI=1S/C26H24N4O3/c1-4-18-6-8-20(29-24-12-17(3)27-15-28-24)13-22(18)30-25(31)10-7-19-14-33-23-9-5-16(2)11-21(23)26(19)32/h5-15H,4H2,1-3H3,(H,30,31)(H,27,28,29)/b10-7+. The van der Waals surface area contributed by atoms with Gasteiger partial charge in [0.2, 0.25) is 5.91 Å². The highest BCUT2D eigenvalue weighted by Gasteiger charge is 2.08. The van der Waals surface area contributed by atoms with Crippen LogP contribution in [-0.2, 0) is 11.2 Å². The summed E-state index contributed by atoms with van der Waals surface area (Å²) in [7, 11) is 0. The van der Waals surface area contributed by atoms with Gasteiger partial charge in [0.25, 0.3) is 0 Å². The van der Waals surface area contributed by atoms with Gasteiger partial charge >= 0.3 is 0 Å². The molecular weight excluding hydrogens is 416 g/mol. The summed E-state index contributed by atoms with van der Waals surface area (Å²) < 4.78 is 5.54. The second kappa shape index (κ2) is 9.48. The molecule has 0 unspecified atom stereocenters. The average Bonchev–Trinajstić information content (AvgIpc) is 2.79. The molecule has 0 aliphatic carbocycles. The smallest absolute Gasteiger partial charge is 0.248 e. The Hall–Kier alpha value is -4.26. The van der Waals surface area contributed by atoms with E-state index in [2.05, 4.69) is 20.6 Å². The monoisotopic (exact) mass is 440 g/mol. The van der Waals surface area contributed by atoms with Crippen LogP contribution in [0, 0.1) is 13.8 Å². The Morgan fingerprint density at radius 3 is 2.73 bits per heavy atom. The molecule has 0 aliphatic rings. The van der Waals surface area contributed by atoms with Crippen molar-refractivity contribution in [2.45, 2.75) is 27.2 Å². The molecule has 0 saturated heterocycles. The zero-order valence-corrected chi connectivity index (χ0v) is 18.7. The quantitative estimate of drug-likeness (QED) is 0.402. The van der Waals surface area contributed by atoms with Gasteiger partial charge in [0.1, 0.15) is 24.0 Å². The van der Waals surface area contributed by atoms with Crippen molar-refractivity contribution in [3.63, 3.8) is 0 Å². The van der Waals surface area contributed by atoms with E-state index in [1.54, 1.807) is 12.1 Å². The van der Waals surface area contributed by atoms with E-state index >= 15 is 0 Å². The Morgan fingerprint density at radius 1 is 1.09 bits per heavy atom. The topological polar surface area (TPSA) is 97.1 Å². The number of carbonyl (C=O) groups is 1. The molecule has 0 spiro atoms. The minimum absolute atomic E-state index is 0.176. The third-order valence-corrected chi connectivity index (χ3v) is 5.19. The molecule has 7 heteroatoms. The summed E-state index contributed by atoms with van der Waals surface area (Å²) in [6.45, 7) is 5.82. The number of aryl methyl sites for hydroxylation is 3. The van der Waals surface area contributed by atoms with Crippen LogP contribution in [0.25, 0.3) is 17.0 Å². The number of fused-ring (bicyclic) bond motifs is 1. The van der Waals surface area contributed by atoms with E-state index < -0.39 is 0 Å². The van der Waals surface area contributed by atoms with E-state index in [0.29, 0.717) is 28.0 Å². The summed E-state index contributed by atoms with van der Waals surface area (Å²) in [5, 5.41) is 6.62. The molecule has 4 rings (SSSR count). The number of carbonyl (C=O) groups excluding carboxylic acids is 1. The third-order valence-electron chi connectivity index (χ3n) is 5.19. The minimum Gasteiger partial charge on any atom is -0.463 e. The summed E-state index contributed by atoms with van der Waals surface area (Å²) in [5.74, 6) is 0.325. The molecule has 0 saturated carbocycles. The maximum atomic E-state index is 12.7. The van der Waals surface area contributed by atoms with Crippen LogP contribution in [0.2, 0.25) is 0 Å². The van der Waals surface area contributed by atoms with Crippen LogP contribution in [0.3, 0.4) is 0 Å². The zero-order chi connectivity index (χ0) is 23.4. The van der Waals surface area contributed by atoms with Crippen LogP contribution in [0.15, 0.2) is 70.3 Å². The van der Waals surface area contributed by atoms with Gasteiger partial charge in [-0.1, -0.05) is 24.6 Å². The number of aromatic nitrogens is 2. The summed E-state index contributed by atoms with van der Waals surface area (Å²) in [5.41, 5.74) is 4.93. The number of benzene rings is 2. The first-order valence-electron chi connectivity index (χ1n) is 10.6. The number of amides is 1. The molecule has 166 valence electrons.